The minimum absolute atomic E-state index is 0.208. The number of hydrogen-bond donors (Lipinski definition) is 1. The molecule has 9 heavy (non-hydrogen) atoms. The van der Waals surface area contributed by atoms with Gasteiger partial charge in [-0.15, -0.1) is 0 Å². The first-order valence-corrected chi connectivity index (χ1v) is 3.37. The van der Waals surface area contributed by atoms with E-state index in [-0.39, 0.29) is 12.6 Å². The number of hydrazine groups is 1. The summed E-state index contributed by atoms with van der Waals surface area (Å²) in [6.07, 6.45) is 0.963. The average Bonchev–Trinajstić information content (AvgIpc) is 1.83. The number of nitrogens with zero attached hydrogens (tertiary/aromatic N) is 1. The molecule has 0 bridgehead atoms. The van der Waals surface area contributed by atoms with Crippen LogP contribution in [0.5, 0.6) is 0 Å². The molecule has 0 aromatic heterocycles. The van der Waals surface area contributed by atoms with E-state index in [1.54, 1.807) is 5.01 Å². The topological polar surface area (TPSA) is 29.3 Å². The first-order chi connectivity index (χ1) is 4.29. The van der Waals surface area contributed by atoms with Crippen molar-refractivity contribution in [1.29, 1.82) is 0 Å². The van der Waals surface area contributed by atoms with Gasteiger partial charge in [-0.25, -0.2) is 5.01 Å². The van der Waals surface area contributed by atoms with Crippen LogP contribution in [0, 0.1) is 5.92 Å². The van der Waals surface area contributed by atoms with Crippen molar-refractivity contribution < 1.29 is 4.39 Å². The summed E-state index contributed by atoms with van der Waals surface area (Å²) in [5, 5.41) is 1.71. The molecule has 1 rings (SSSR count). The van der Waals surface area contributed by atoms with Gasteiger partial charge in [0, 0.05) is 18.5 Å². The van der Waals surface area contributed by atoms with Crippen molar-refractivity contribution >= 4 is 0 Å². The fourth-order valence-corrected chi connectivity index (χ4v) is 1.38. The quantitative estimate of drug-likeness (QED) is 0.556. The Labute approximate surface area is 54.8 Å². The Balaban J connectivity index is 2.29. The molecule has 2 N–H and O–H groups in total. The van der Waals surface area contributed by atoms with Crippen LogP contribution in [-0.2, 0) is 0 Å². The van der Waals surface area contributed by atoms with Crippen LogP contribution in [0.3, 0.4) is 0 Å². The molecule has 3 heteroatoms. The molecule has 0 radical (unpaired) electrons. The van der Waals surface area contributed by atoms with Gasteiger partial charge in [-0.05, 0) is 6.42 Å². The molecule has 1 aliphatic heterocycles. The summed E-state index contributed by atoms with van der Waals surface area (Å²) in [5.41, 5.74) is 0. The summed E-state index contributed by atoms with van der Waals surface area (Å²) in [7, 11) is 0. The van der Waals surface area contributed by atoms with Gasteiger partial charge >= 0.3 is 0 Å². The fourth-order valence-electron chi connectivity index (χ4n) is 1.38. The van der Waals surface area contributed by atoms with E-state index >= 15 is 0 Å². The Morgan fingerprint density at radius 1 is 1.78 bits per heavy atom. The van der Waals surface area contributed by atoms with Gasteiger partial charge in [-0.3, -0.25) is 10.2 Å². The van der Waals surface area contributed by atoms with Crippen LogP contribution in [0.15, 0.2) is 0 Å². The van der Waals surface area contributed by atoms with Gasteiger partial charge in [0.2, 0.25) is 0 Å². The van der Waals surface area contributed by atoms with Gasteiger partial charge in [0.05, 0.1) is 6.67 Å². The molecule has 1 heterocycles. The van der Waals surface area contributed by atoms with Crippen LogP contribution in [-0.4, -0.2) is 24.3 Å². The van der Waals surface area contributed by atoms with E-state index in [1.165, 1.54) is 0 Å². The van der Waals surface area contributed by atoms with Crippen molar-refractivity contribution in [2.24, 2.45) is 11.8 Å². The van der Waals surface area contributed by atoms with Gasteiger partial charge in [0.1, 0.15) is 0 Å². The summed E-state index contributed by atoms with van der Waals surface area (Å²) in [4.78, 5) is 0. The standard InChI is InChI=1S/C6H13FN2/c1-2-6-5(3-7)4-9(6)8/h5-6H,2-4,8H2,1H3. The van der Waals surface area contributed by atoms with Crippen molar-refractivity contribution in [2.45, 2.75) is 19.4 Å². The number of hydrogen-bond acceptors (Lipinski definition) is 2. The molecule has 1 saturated heterocycles. The highest BCUT2D eigenvalue weighted by Crippen LogP contribution is 2.23. The third kappa shape index (κ3) is 1.07. The second-order valence-corrected chi connectivity index (χ2v) is 2.59. The van der Waals surface area contributed by atoms with Crippen LogP contribution >= 0.6 is 0 Å². The molecule has 0 amide bonds. The van der Waals surface area contributed by atoms with E-state index in [9.17, 15) is 4.39 Å². The van der Waals surface area contributed by atoms with Crippen LogP contribution in [0.1, 0.15) is 13.3 Å². The Morgan fingerprint density at radius 2 is 2.44 bits per heavy atom. The molecule has 0 saturated carbocycles. The normalized spacial score (nSPS) is 36.3. The van der Waals surface area contributed by atoms with Gasteiger partial charge in [0.25, 0.3) is 0 Å². The van der Waals surface area contributed by atoms with Gasteiger partial charge in [-0.2, -0.15) is 0 Å². The second-order valence-electron chi connectivity index (χ2n) is 2.59. The molecule has 2 atom stereocenters. The molecule has 0 aliphatic carbocycles. The zero-order valence-corrected chi connectivity index (χ0v) is 5.68. The molecule has 1 aliphatic rings. The lowest BCUT2D eigenvalue weighted by Gasteiger charge is -2.43. The lowest BCUT2D eigenvalue weighted by Crippen LogP contribution is -2.60. The Bertz CT molecular complexity index is 97.1. The third-order valence-corrected chi connectivity index (χ3v) is 2.03. The number of halogens is 1. The highest BCUT2D eigenvalue weighted by molar-refractivity contribution is 4.86. The lowest BCUT2D eigenvalue weighted by atomic mass is 9.90. The van der Waals surface area contributed by atoms with Crippen LogP contribution < -0.4 is 5.84 Å². The Kier molecular flexibility index (Phi) is 2.03. The highest BCUT2D eigenvalue weighted by atomic mass is 19.1. The molecule has 0 aromatic rings. The smallest absolute Gasteiger partial charge is 0.0950 e. The average molecular weight is 132 g/mol. The molecular formula is C6H13FN2. The SMILES string of the molecule is CCC1C(CF)CN1N. The molecule has 0 spiro atoms. The molecule has 2 unspecified atom stereocenters. The maximum absolute atomic E-state index is 12.0. The maximum atomic E-state index is 12.0. The third-order valence-electron chi connectivity index (χ3n) is 2.03. The first kappa shape index (κ1) is 6.96. The Hall–Kier alpha value is -0.150. The minimum Gasteiger partial charge on any atom is -0.269 e. The Morgan fingerprint density at radius 3 is 2.67 bits per heavy atom. The van der Waals surface area contributed by atoms with Crippen LogP contribution in [0.25, 0.3) is 0 Å². The summed E-state index contributed by atoms with van der Waals surface area (Å²) in [6, 6.07) is 0.301. The second kappa shape index (κ2) is 2.62. The van der Waals surface area contributed by atoms with Crippen molar-refractivity contribution in [3.63, 3.8) is 0 Å². The summed E-state index contributed by atoms with van der Waals surface area (Å²) in [6.45, 7) is 2.55. The number of nitrogens with two attached hydrogens (primary N) is 1. The van der Waals surface area contributed by atoms with E-state index < -0.39 is 0 Å². The maximum Gasteiger partial charge on any atom is 0.0950 e. The van der Waals surface area contributed by atoms with Crippen molar-refractivity contribution in [3.8, 4) is 0 Å². The fraction of sp³-hybridized carbons (Fsp3) is 1.00. The van der Waals surface area contributed by atoms with Gasteiger partial charge in [0.15, 0.2) is 0 Å². The summed E-state index contributed by atoms with van der Waals surface area (Å²) in [5.74, 6) is 5.67. The van der Waals surface area contributed by atoms with E-state index in [0.717, 1.165) is 13.0 Å². The largest absolute Gasteiger partial charge is 0.269 e. The number of rotatable bonds is 2. The molecule has 0 aromatic carbocycles. The van der Waals surface area contributed by atoms with Gasteiger partial charge in [-0.1, -0.05) is 6.92 Å². The van der Waals surface area contributed by atoms with Gasteiger partial charge < -0.3 is 0 Å². The summed E-state index contributed by atoms with van der Waals surface area (Å²) >= 11 is 0. The predicted molar refractivity (Wildman–Crippen MR) is 34.4 cm³/mol. The monoisotopic (exact) mass is 132 g/mol. The minimum atomic E-state index is -0.216. The van der Waals surface area contributed by atoms with Crippen molar-refractivity contribution in [1.82, 2.24) is 5.01 Å². The van der Waals surface area contributed by atoms with Crippen molar-refractivity contribution in [3.05, 3.63) is 0 Å². The molecule has 2 nitrogen and oxygen atoms in total. The summed E-state index contributed by atoms with van der Waals surface area (Å²) < 4.78 is 12.0. The van der Waals surface area contributed by atoms with Crippen LogP contribution in [0.4, 0.5) is 4.39 Å². The van der Waals surface area contributed by atoms with Crippen LogP contribution in [0.2, 0.25) is 0 Å². The molecule has 1 fully saturated rings. The molecular weight excluding hydrogens is 119 g/mol. The van der Waals surface area contributed by atoms with E-state index in [2.05, 4.69) is 0 Å². The van der Waals surface area contributed by atoms with E-state index in [0.29, 0.717) is 6.04 Å². The zero-order valence-electron chi connectivity index (χ0n) is 5.68. The molecule has 54 valence electrons. The predicted octanol–water partition coefficient (Wildman–Crippen LogP) is 0.540. The zero-order chi connectivity index (χ0) is 6.85. The van der Waals surface area contributed by atoms with Crippen molar-refractivity contribution in [2.75, 3.05) is 13.2 Å². The van der Waals surface area contributed by atoms with E-state index in [1.807, 2.05) is 6.92 Å². The lowest BCUT2D eigenvalue weighted by molar-refractivity contribution is -0.00144. The highest BCUT2D eigenvalue weighted by Gasteiger charge is 2.35. The first-order valence-electron chi connectivity index (χ1n) is 3.37. The number of alkyl halides is 1. The van der Waals surface area contributed by atoms with E-state index in [4.69, 9.17) is 5.84 Å².